The van der Waals surface area contributed by atoms with Gasteiger partial charge in [0, 0.05) is 0 Å². The first kappa shape index (κ1) is 16.6. The predicted octanol–water partition coefficient (Wildman–Crippen LogP) is 3.64. The molecule has 0 unspecified atom stereocenters. The maximum absolute atomic E-state index is 12.0. The van der Waals surface area contributed by atoms with Gasteiger partial charge in [-0.15, -0.1) is 0 Å². The van der Waals surface area contributed by atoms with Gasteiger partial charge in [-0.25, -0.2) is 9.59 Å². The van der Waals surface area contributed by atoms with E-state index in [1.165, 1.54) is 7.11 Å². The zero-order chi connectivity index (χ0) is 16.5. The van der Waals surface area contributed by atoms with Gasteiger partial charge in [-0.2, -0.15) is 0 Å². The molecular weight excluding hydrogens is 306 g/mol. The standard InChI is InChI=1S/C16H20ClNO4/c1-15(2,3)22-14(20)18-16(7-8-16)10-5-6-11(12(17)9-10)13(19)21-4/h5-6,9H,7-8H2,1-4H3,(H,18,20). The molecule has 6 heteroatoms. The second-order valence-electron chi connectivity index (χ2n) is 6.40. The summed E-state index contributed by atoms with van der Waals surface area (Å²) in [5.41, 5.74) is 0.157. The molecule has 5 nitrogen and oxygen atoms in total. The lowest BCUT2D eigenvalue weighted by Gasteiger charge is -2.24. The zero-order valence-corrected chi connectivity index (χ0v) is 13.9. The Hall–Kier alpha value is -1.75. The Morgan fingerprint density at radius 2 is 1.91 bits per heavy atom. The largest absolute Gasteiger partial charge is 0.465 e. The molecule has 1 aromatic rings. The van der Waals surface area contributed by atoms with Crippen LogP contribution in [0, 0.1) is 0 Å². The number of hydrogen-bond donors (Lipinski definition) is 1. The van der Waals surface area contributed by atoms with Crippen molar-refractivity contribution in [1.29, 1.82) is 0 Å². The lowest BCUT2D eigenvalue weighted by molar-refractivity contribution is 0.0493. The van der Waals surface area contributed by atoms with Gasteiger partial charge < -0.3 is 14.8 Å². The maximum Gasteiger partial charge on any atom is 0.408 e. The van der Waals surface area contributed by atoms with Gasteiger partial charge in [-0.05, 0) is 51.3 Å². The van der Waals surface area contributed by atoms with Gasteiger partial charge in [0.25, 0.3) is 0 Å². The fourth-order valence-electron chi connectivity index (χ4n) is 2.20. The van der Waals surface area contributed by atoms with Crippen molar-refractivity contribution >= 4 is 23.7 Å². The number of methoxy groups -OCH3 is 1. The maximum atomic E-state index is 12.0. The van der Waals surface area contributed by atoms with E-state index in [0.29, 0.717) is 10.6 Å². The molecule has 1 aliphatic carbocycles. The summed E-state index contributed by atoms with van der Waals surface area (Å²) in [6, 6.07) is 5.08. The summed E-state index contributed by atoms with van der Waals surface area (Å²) < 4.78 is 9.95. The highest BCUT2D eigenvalue weighted by atomic mass is 35.5. The molecule has 0 heterocycles. The quantitative estimate of drug-likeness (QED) is 0.862. The third kappa shape index (κ3) is 3.71. The lowest BCUT2D eigenvalue weighted by Crippen LogP contribution is -2.39. The molecule has 0 aliphatic heterocycles. The molecule has 22 heavy (non-hydrogen) atoms. The first-order chi connectivity index (χ1) is 10.2. The number of rotatable bonds is 3. The minimum atomic E-state index is -0.549. The molecule has 120 valence electrons. The van der Waals surface area contributed by atoms with Gasteiger partial charge in [0.05, 0.1) is 23.2 Å². The normalized spacial score (nSPS) is 15.9. The molecule has 0 radical (unpaired) electrons. The molecule has 1 aliphatic rings. The summed E-state index contributed by atoms with van der Waals surface area (Å²) in [7, 11) is 1.30. The number of carbonyl (C=O) groups excluding carboxylic acids is 2. The SMILES string of the molecule is COC(=O)c1ccc(C2(NC(=O)OC(C)(C)C)CC2)cc1Cl. The minimum absolute atomic E-state index is 0.306. The summed E-state index contributed by atoms with van der Waals surface area (Å²) in [6.45, 7) is 5.44. The van der Waals surface area contributed by atoms with Crippen LogP contribution in [0.25, 0.3) is 0 Å². The smallest absolute Gasteiger partial charge is 0.408 e. The lowest BCUT2D eigenvalue weighted by atomic mass is 10.0. The van der Waals surface area contributed by atoms with Crippen LogP contribution < -0.4 is 5.32 Å². The number of amides is 1. The number of ether oxygens (including phenoxy) is 2. The Labute approximate surface area is 134 Å². The molecule has 1 saturated carbocycles. The molecular formula is C16H20ClNO4. The van der Waals surface area contributed by atoms with E-state index in [1.54, 1.807) is 18.2 Å². The number of carbonyl (C=O) groups is 2. The molecule has 1 N–H and O–H groups in total. The van der Waals surface area contributed by atoms with E-state index in [-0.39, 0.29) is 0 Å². The highest BCUT2D eigenvalue weighted by molar-refractivity contribution is 6.33. The minimum Gasteiger partial charge on any atom is -0.465 e. The van der Waals surface area contributed by atoms with Gasteiger partial charge >= 0.3 is 12.1 Å². The number of benzene rings is 1. The van der Waals surface area contributed by atoms with Crippen molar-refractivity contribution in [2.24, 2.45) is 0 Å². The van der Waals surface area contributed by atoms with Crippen molar-refractivity contribution in [1.82, 2.24) is 5.32 Å². The van der Waals surface area contributed by atoms with Crippen molar-refractivity contribution in [3.05, 3.63) is 34.3 Å². The van der Waals surface area contributed by atoms with E-state index in [2.05, 4.69) is 10.1 Å². The molecule has 1 aromatic carbocycles. The van der Waals surface area contributed by atoms with E-state index >= 15 is 0 Å². The van der Waals surface area contributed by atoms with E-state index in [1.807, 2.05) is 20.8 Å². The second-order valence-corrected chi connectivity index (χ2v) is 6.80. The average molecular weight is 326 g/mol. The number of halogens is 1. The van der Waals surface area contributed by atoms with Crippen LogP contribution in [0.5, 0.6) is 0 Å². The van der Waals surface area contributed by atoms with Crippen LogP contribution in [-0.2, 0) is 15.0 Å². The van der Waals surface area contributed by atoms with E-state index in [0.717, 1.165) is 18.4 Å². The highest BCUT2D eigenvalue weighted by Crippen LogP contribution is 2.46. The van der Waals surface area contributed by atoms with Crippen LogP contribution in [0.4, 0.5) is 4.79 Å². The number of alkyl carbamates (subject to hydrolysis) is 1. The topological polar surface area (TPSA) is 64.6 Å². The molecule has 1 amide bonds. The highest BCUT2D eigenvalue weighted by Gasteiger charge is 2.46. The molecule has 2 rings (SSSR count). The van der Waals surface area contributed by atoms with Crippen molar-refractivity contribution in [2.45, 2.75) is 44.8 Å². The van der Waals surface area contributed by atoms with E-state index < -0.39 is 23.2 Å². The fraction of sp³-hybridized carbons (Fsp3) is 0.500. The molecule has 1 fully saturated rings. The molecule has 0 aromatic heterocycles. The van der Waals surface area contributed by atoms with Crippen molar-refractivity contribution in [2.75, 3.05) is 7.11 Å². The van der Waals surface area contributed by atoms with Crippen LogP contribution in [0.3, 0.4) is 0 Å². The van der Waals surface area contributed by atoms with Crippen LogP contribution >= 0.6 is 11.6 Å². The van der Waals surface area contributed by atoms with Crippen LogP contribution in [0.1, 0.15) is 49.5 Å². The third-order valence-corrected chi connectivity index (χ3v) is 3.73. The van der Waals surface area contributed by atoms with Crippen molar-refractivity contribution in [3.8, 4) is 0 Å². The third-order valence-electron chi connectivity index (χ3n) is 3.42. The van der Waals surface area contributed by atoms with E-state index in [4.69, 9.17) is 16.3 Å². The molecule has 0 atom stereocenters. The van der Waals surface area contributed by atoms with Gasteiger partial charge in [-0.3, -0.25) is 0 Å². The predicted molar refractivity (Wildman–Crippen MR) is 83.1 cm³/mol. The summed E-state index contributed by atoms with van der Waals surface area (Å²) in [6.07, 6.45) is 1.15. The Morgan fingerprint density at radius 3 is 2.36 bits per heavy atom. The molecule has 0 saturated heterocycles. The Kier molecular flexibility index (Phi) is 4.38. The van der Waals surface area contributed by atoms with Gasteiger partial charge in [0.15, 0.2) is 0 Å². The van der Waals surface area contributed by atoms with Crippen molar-refractivity contribution < 1.29 is 19.1 Å². The number of hydrogen-bond acceptors (Lipinski definition) is 4. The molecule has 0 bridgehead atoms. The first-order valence-corrected chi connectivity index (χ1v) is 7.44. The summed E-state index contributed by atoms with van der Waals surface area (Å²) in [5, 5.41) is 3.20. The average Bonchev–Trinajstić information content (AvgIpc) is 3.16. The van der Waals surface area contributed by atoms with Crippen LogP contribution in [0.2, 0.25) is 5.02 Å². The van der Waals surface area contributed by atoms with Crippen molar-refractivity contribution in [3.63, 3.8) is 0 Å². The Bertz CT molecular complexity index is 603. The monoisotopic (exact) mass is 325 g/mol. The van der Waals surface area contributed by atoms with Gasteiger partial charge in [-0.1, -0.05) is 17.7 Å². The fourth-order valence-corrected chi connectivity index (χ4v) is 2.46. The first-order valence-electron chi connectivity index (χ1n) is 7.06. The van der Waals surface area contributed by atoms with Crippen LogP contribution in [-0.4, -0.2) is 24.8 Å². The van der Waals surface area contributed by atoms with Crippen LogP contribution in [0.15, 0.2) is 18.2 Å². The number of esters is 1. The number of nitrogens with one attached hydrogen (secondary N) is 1. The van der Waals surface area contributed by atoms with E-state index in [9.17, 15) is 9.59 Å². The molecule has 0 spiro atoms. The van der Waals surface area contributed by atoms with Gasteiger partial charge in [0.2, 0.25) is 0 Å². The Balaban J connectivity index is 2.16. The summed E-state index contributed by atoms with van der Waals surface area (Å²) in [5.74, 6) is -0.485. The summed E-state index contributed by atoms with van der Waals surface area (Å²) >= 11 is 6.14. The van der Waals surface area contributed by atoms with Gasteiger partial charge in [0.1, 0.15) is 5.60 Å². The summed E-state index contributed by atoms with van der Waals surface area (Å²) in [4.78, 5) is 23.5. The second kappa shape index (κ2) is 5.80. The zero-order valence-electron chi connectivity index (χ0n) is 13.2. The Morgan fingerprint density at radius 1 is 1.27 bits per heavy atom.